The fraction of sp³-hybridized carbons (Fsp3) is 0.625. The summed E-state index contributed by atoms with van der Waals surface area (Å²) in [5, 5.41) is 0. The number of nitrogens with zero attached hydrogens (tertiary/aromatic N) is 1. The molecule has 2 nitrogen and oxygen atoms in total. The van der Waals surface area contributed by atoms with E-state index in [0.29, 0.717) is 0 Å². The Balaban J connectivity index is 2.20. The van der Waals surface area contributed by atoms with Crippen molar-refractivity contribution in [2.45, 2.75) is 39.5 Å². The maximum absolute atomic E-state index is 5.75. The number of benzene rings is 1. The highest BCUT2D eigenvalue weighted by atomic mass is 15.1. The highest BCUT2D eigenvalue weighted by Crippen LogP contribution is 2.32. The molecule has 0 heterocycles. The van der Waals surface area contributed by atoms with Crippen LogP contribution in [0.15, 0.2) is 18.2 Å². The number of anilines is 1. The first kappa shape index (κ1) is 13.4. The minimum Gasteiger partial charge on any atom is -0.371 e. The van der Waals surface area contributed by atoms with Gasteiger partial charge in [0.15, 0.2) is 0 Å². The zero-order valence-corrected chi connectivity index (χ0v) is 11.8. The van der Waals surface area contributed by atoms with Crippen molar-refractivity contribution >= 4 is 5.69 Å². The molecule has 0 radical (unpaired) electrons. The predicted molar refractivity (Wildman–Crippen MR) is 79.2 cm³/mol. The minimum atomic E-state index is 0.736. The van der Waals surface area contributed by atoms with E-state index in [1.807, 2.05) is 0 Å². The summed E-state index contributed by atoms with van der Waals surface area (Å²) in [4.78, 5) is 2.57. The van der Waals surface area contributed by atoms with Gasteiger partial charge in [-0.1, -0.05) is 24.6 Å². The molecule has 1 fully saturated rings. The molecule has 2 N–H and O–H groups in total. The lowest BCUT2D eigenvalue weighted by Gasteiger charge is -2.27. The molecule has 1 aromatic rings. The van der Waals surface area contributed by atoms with Crippen LogP contribution in [-0.4, -0.2) is 19.6 Å². The van der Waals surface area contributed by atoms with Gasteiger partial charge in [-0.05, 0) is 56.7 Å². The molecule has 0 saturated heterocycles. The van der Waals surface area contributed by atoms with E-state index in [1.165, 1.54) is 42.6 Å². The second-order valence-corrected chi connectivity index (χ2v) is 5.56. The molecule has 1 aromatic carbocycles. The van der Waals surface area contributed by atoms with Crippen molar-refractivity contribution in [3.63, 3.8) is 0 Å². The third-order valence-electron chi connectivity index (χ3n) is 3.66. The molecule has 1 aliphatic rings. The van der Waals surface area contributed by atoms with Crippen LogP contribution in [0.25, 0.3) is 0 Å². The van der Waals surface area contributed by atoms with E-state index in [2.05, 4.69) is 36.9 Å². The van der Waals surface area contributed by atoms with Gasteiger partial charge in [-0.2, -0.15) is 0 Å². The third kappa shape index (κ3) is 3.49. The second-order valence-electron chi connectivity index (χ2n) is 5.56. The van der Waals surface area contributed by atoms with Gasteiger partial charge < -0.3 is 10.6 Å². The molecule has 2 heteroatoms. The molecule has 0 aliphatic heterocycles. The molecule has 0 atom stereocenters. The largest absolute Gasteiger partial charge is 0.371 e. The third-order valence-corrected chi connectivity index (χ3v) is 3.66. The molecular formula is C16H26N2. The summed E-state index contributed by atoms with van der Waals surface area (Å²) in [5.74, 6) is 0.934. The van der Waals surface area contributed by atoms with Gasteiger partial charge in [0.1, 0.15) is 0 Å². The van der Waals surface area contributed by atoms with Crippen LogP contribution in [-0.2, 0) is 6.42 Å². The molecular weight excluding hydrogens is 220 g/mol. The van der Waals surface area contributed by atoms with Crippen LogP contribution in [0.1, 0.15) is 37.3 Å². The monoisotopic (exact) mass is 246 g/mol. The summed E-state index contributed by atoms with van der Waals surface area (Å²) >= 11 is 0. The fourth-order valence-corrected chi connectivity index (χ4v) is 2.57. The molecule has 0 aromatic heterocycles. The van der Waals surface area contributed by atoms with Gasteiger partial charge in [0, 0.05) is 18.8 Å². The van der Waals surface area contributed by atoms with Crippen LogP contribution >= 0.6 is 0 Å². The fourth-order valence-electron chi connectivity index (χ4n) is 2.57. The smallest absolute Gasteiger partial charge is 0.0399 e. The molecule has 0 bridgehead atoms. The number of rotatable bonds is 7. The summed E-state index contributed by atoms with van der Waals surface area (Å²) in [6, 6.07) is 6.82. The number of hydrogen-bond acceptors (Lipinski definition) is 2. The Kier molecular flexibility index (Phi) is 4.65. The SMILES string of the molecule is CCCN(CC1CC1)c1ccc(C)cc1CCN. The Hall–Kier alpha value is -1.02. The maximum atomic E-state index is 5.75. The highest BCUT2D eigenvalue weighted by molar-refractivity contribution is 5.55. The van der Waals surface area contributed by atoms with Crippen LogP contribution < -0.4 is 10.6 Å². The van der Waals surface area contributed by atoms with E-state index in [0.717, 1.165) is 25.4 Å². The standard InChI is InChI=1S/C16H26N2/c1-3-10-18(12-14-5-6-14)16-7-4-13(2)11-15(16)8-9-17/h4,7,11,14H,3,5-6,8-10,12,17H2,1-2H3. The van der Waals surface area contributed by atoms with Crippen molar-refractivity contribution < 1.29 is 0 Å². The molecule has 2 rings (SSSR count). The average molecular weight is 246 g/mol. The van der Waals surface area contributed by atoms with Crippen molar-refractivity contribution in [2.75, 3.05) is 24.5 Å². The number of aryl methyl sites for hydroxylation is 1. The Bertz CT molecular complexity index is 383. The summed E-state index contributed by atoms with van der Waals surface area (Å²) < 4.78 is 0. The molecule has 1 saturated carbocycles. The molecule has 18 heavy (non-hydrogen) atoms. The van der Waals surface area contributed by atoms with Gasteiger partial charge in [-0.3, -0.25) is 0 Å². The first-order valence-electron chi connectivity index (χ1n) is 7.29. The van der Waals surface area contributed by atoms with E-state index in [1.54, 1.807) is 0 Å². The zero-order valence-electron chi connectivity index (χ0n) is 11.8. The summed E-state index contributed by atoms with van der Waals surface area (Å²) in [6.07, 6.45) is 5.03. The highest BCUT2D eigenvalue weighted by Gasteiger charge is 2.24. The van der Waals surface area contributed by atoms with E-state index < -0.39 is 0 Å². The maximum Gasteiger partial charge on any atom is 0.0399 e. The predicted octanol–water partition coefficient (Wildman–Crippen LogP) is 3.12. The lowest BCUT2D eigenvalue weighted by atomic mass is 10.0. The van der Waals surface area contributed by atoms with Crippen LogP contribution in [0.5, 0.6) is 0 Å². The topological polar surface area (TPSA) is 29.3 Å². The molecule has 0 amide bonds. The quantitative estimate of drug-likeness (QED) is 0.801. The summed E-state index contributed by atoms with van der Waals surface area (Å²) in [7, 11) is 0. The van der Waals surface area contributed by atoms with Gasteiger partial charge in [-0.25, -0.2) is 0 Å². The number of nitrogens with two attached hydrogens (primary N) is 1. The normalized spacial score (nSPS) is 14.8. The van der Waals surface area contributed by atoms with Gasteiger partial charge in [0.2, 0.25) is 0 Å². The van der Waals surface area contributed by atoms with E-state index >= 15 is 0 Å². The van der Waals surface area contributed by atoms with E-state index in [-0.39, 0.29) is 0 Å². The van der Waals surface area contributed by atoms with Crippen LogP contribution in [0.2, 0.25) is 0 Å². The van der Waals surface area contributed by atoms with Crippen LogP contribution in [0.4, 0.5) is 5.69 Å². The Morgan fingerprint density at radius 1 is 1.33 bits per heavy atom. The summed E-state index contributed by atoms with van der Waals surface area (Å²) in [5.41, 5.74) is 9.93. The average Bonchev–Trinajstić information content (AvgIpc) is 3.13. The molecule has 1 aliphatic carbocycles. The second kappa shape index (κ2) is 6.24. The van der Waals surface area contributed by atoms with Crippen molar-refractivity contribution in [1.82, 2.24) is 0 Å². The Labute approximate surface area is 111 Å². The van der Waals surface area contributed by atoms with Gasteiger partial charge in [0.05, 0.1) is 0 Å². The van der Waals surface area contributed by atoms with Crippen molar-refractivity contribution in [3.8, 4) is 0 Å². The van der Waals surface area contributed by atoms with E-state index in [4.69, 9.17) is 5.73 Å². The lowest BCUT2D eigenvalue weighted by Crippen LogP contribution is -2.28. The zero-order chi connectivity index (χ0) is 13.0. The van der Waals surface area contributed by atoms with Crippen molar-refractivity contribution in [3.05, 3.63) is 29.3 Å². The Morgan fingerprint density at radius 2 is 2.11 bits per heavy atom. The van der Waals surface area contributed by atoms with Gasteiger partial charge >= 0.3 is 0 Å². The van der Waals surface area contributed by atoms with Gasteiger partial charge in [-0.15, -0.1) is 0 Å². The van der Waals surface area contributed by atoms with Gasteiger partial charge in [0.25, 0.3) is 0 Å². The summed E-state index contributed by atoms with van der Waals surface area (Å²) in [6.45, 7) is 7.55. The molecule has 0 unspecified atom stereocenters. The first-order chi connectivity index (χ1) is 8.74. The van der Waals surface area contributed by atoms with Crippen LogP contribution in [0.3, 0.4) is 0 Å². The van der Waals surface area contributed by atoms with Crippen LogP contribution in [0, 0.1) is 12.8 Å². The van der Waals surface area contributed by atoms with E-state index in [9.17, 15) is 0 Å². The minimum absolute atomic E-state index is 0.736. The number of hydrogen-bond donors (Lipinski definition) is 1. The van der Waals surface area contributed by atoms with Crippen molar-refractivity contribution in [2.24, 2.45) is 11.7 Å². The lowest BCUT2D eigenvalue weighted by molar-refractivity contribution is 0.704. The van der Waals surface area contributed by atoms with Crippen molar-refractivity contribution in [1.29, 1.82) is 0 Å². The Morgan fingerprint density at radius 3 is 2.72 bits per heavy atom. The first-order valence-corrected chi connectivity index (χ1v) is 7.29. The molecule has 100 valence electrons. The molecule has 0 spiro atoms.